The van der Waals surface area contributed by atoms with Gasteiger partial charge in [0.1, 0.15) is 24.2 Å². The second-order valence-corrected chi connectivity index (χ2v) is 13.8. The van der Waals surface area contributed by atoms with E-state index in [-0.39, 0.29) is 48.9 Å². The highest BCUT2D eigenvalue weighted by molar-refractivity contribution is 5.92. The minimum Gasteiger partial charge on any atom is -0.457 e. The number of pyridine rings is 1. The molecule has 3 aromatic carbocycles. The van der Waals surface area contributed by atoms with Crippen LogP contribution in [0.3, 0.4) is 0 Å². The van der Waals surface area contributed by atoms with Crippen LogP contribution in [0.5, 0.6) is 0 Å². The quantitative estimate of drug-likeness (QED) is 0.117. The molecule has 3 heterocycles. The van der Waals surface area contributed by atoms with Crippen molar-refractivity contribution in [1.82, 2.24) is 14.8 Å². The lowest BCUT2D eigenvalue weighted by molar-refractivity contribution is -0.168. The van der Waals surface area contributed by atoms with Crippen LogP contribution in [0.1, 0.15) is 87.2 Å². The number of hydrogen-bond acceptors (Lipinski definition) is 6. The molecule has 1 saturated heterocycles. The minimum absolute atomic E-state index is 0.0287. The van der Waals surface area contributed by atoms with E-state index >= 15 is 0 Å². The fourth-order valence-electron chi connectivity index (χ4n) is 7.68. The highest BCUT2D eigenvalue weighted by Gasteiger charge is 2.53. The van der Waals surface area contributed by atoms with Crippen LogP contribution in [-0.4, -0.2) is 45.8 Å². The number of esters is 1. The first kappa shape index (κ1) is 36.9. The van der Waals surface area contributed by atoms with E-state index in [4.69, 9.17) is 9.84 Å². The first-order chi connectivity index (χ1) is 25.8. The molecule has 1 aliphatic carbocycles. The normalized spacial score (nSPS) is 18.1. The predicted octanol–water partition coefficient (Wildman–Crippen LogP) is 9.08. The number of nitrogens with zero attached hydrogens (tertiary/aromatic N) is 4. The molecule has 7 rings (SSSR count). The molecule has 2 atom stereocenters. The third-order valence-electron chi connectivity index (χ3n) is 10.4. The number of piperidine rings is 1. The van der Waals surface area contributed by atoms with E-state index in [2.05, 4.69) is 4.98 Å². The Bertz CT molecular complexity index is 2070. The van der Waals surface area contributed by atoms with Gasteiger partial charge >= 0.3 is 18.3 Å². The van der Waals surface area contributed by atoms with Gasteiger partial charge in [0.25, 0.3) is 0 Å². The van der Waals surface area contributed by atoms with E-state index in [0.29, 0.717) is 24.6 Å². The minimum atomic E-state index is -4.87. The second kappa shape index (κ2) is 14.8. The molecule has 280 valence electrons. The number of anilines is 1. The summed E-state index contributed by atoms with van der Waals surface area (Å²) in [6.45, 7) is 1.53. The van der Waals surface area contributed by atoms with Crippen LogP contribution in [0, 0.1) is 5.92 Å². The van der Waals surface area contributed by atoms with Crippen molar-refractivity contribution in [3.8, 4) is 0 Å². The number of fused-ring (bicyclic) bond motifs is 1. The van der Waals surface area contributed by atoms with E-state index in [1.54, 1.807) is 39.9 Å². The average molecular weight is 747 g/mol. The van der Waals surface area contributed by atoms with Gasteiger partial charge < -0.3 is 9.64 Å². The van der Waals surface area contributed by atoms with Crippen molar-refractivity contribution in [2.24, 2.45) is 5.92 Å². The molecular weight excluding hydrogens is 710 g/mol. The Balaban J connectivity index is 1.23. The molecule has 0 radical (unpaired) electrons. The largest absolute Gasteiger partial charge is 0.457 e. The molecule has 13 heteroatoms. The van der Waals surface area contributed by atoms with Crippen LogP contribution in [0.2, 0.25) is 0 Å². The Labute approximate surface area is 307 Å². The number of carbonyl (C=O) groups is 2. The Morgan fingerprint density at radius 2 is 1.44 bits per heavy atom. The van der Waals surface area contributed by atoms with Crippen molar-refractivity contribution < 1.29 is 40.7 Å². The van der Waals surface area contributed by atoms with Gasteiger partial charge in [0.2, 0.25) is 0 Å². The van der Waals surface area contributed by atoms with Gasteiger partial charge in [-0.25, -0.2) is 9.78 Å². The lowest BCUT2D eigenvalue weighted by atomic mass is 9.74. The Kier molecular flexibility index (Phi) is 10.1. The molecule has 0 unspecified atom stereocenters. The summed E-state index contributed by atoms with van der Waals surface area (Å²) in [7, 11) is 0. The van der Waals surface area contributed by atoms with Crippen LogP contribution in [0.15, 0.2) is 103 Å². The van der Waals surface area contributed by atoms with Gasteiger partial charge in [0, 0.05) is 43.1 Å². The number of alkyl halides is 6. The number of hydrogen-bond donors (Lipinski definition) is 0. The smallest absolute Gasteiger partial charge is 0.418 e. The maximum Gasteiger partial charge on any atom is 0.418 e. The summed E-state index contributed by atoms with van der Waals surface area (Å²) in [4.78, 5) is 32.0. The van der Waals surface area contributed by atoms with Crippen LogP contribution < -0.4 is 4.90 Å². The van der Waals surface area contributed by atoms with Crippen LogP contribution >= 0.6 is 0 Å². The molecular formula is C41H36F6N4O3. The predicted molar refractivity (Wildman–Crippen MR) is 188 cm³/mol. The summed E-state index contributed by atoms with van der Waals surface area (Å²) in [6.07, 6.45) is -8.59. The van der Waals surface area contributed by atoms with Gasteiger partial charge in [0.15, 0.2) is 0 Å². The maximum atomic E-state index is 15.0. The van der Waals surface area contributed by atoms with Gasteiger partial charge in [-0.1, -0.05) is 97.9 Å². The summed E-state index contributed by atoms with van der Waals surface area (Å²) in [5, 5.41) is 4.96. The number of aromatic nitrogens is 3. The first-order valence-corrected chi connectivity index (χ1v) is 17.6. The Morgan fingerprint density at radius 1 is 0.870 bits per heavy atom. The van der Waals surface area contributed by atoms with Crippen LogP contribution in [0.25, 0.3) is 0 Å². The van der Waals surface area contributed by atoms with Gasteiger partial charge in [-0.05, 0) is 35.6 Å². The number of ether oxygens (including phenoxy) is 1. The van der Waals surface area contributed by atoms with E-state index in [9.17, 15) is 35.9 Å². The molecule has 0 bridgehead atoms. The second-order valence-electron chi connectivity index (χ2n) is 13.8. The molecule has 0 amide bonds. The van der Waals surface area contributed by atoms with E-state index in [0.717, 1.165) is 17.2 Å². The number of carbonyl (C=O) groups excluding carboxylic acids is 2. The summed E-state index contributed by atoms with van der Waals surface area (Å²) >= 11 is 0. The average Bonchev–Trinajstić information content (AvgIpc) is 3.52. The highest BCUT2D eigenvalue weighted by Crippen LogP contribution is 2.50. The van der Waals surface area contributed by atoms with E-state index < -0.39 is 59.0 Å². The maximum absolute atomic E-state index is 15.0. The van der Waals surface area contributed by atoms with Crippen molar-refractivity contribution in [1.29, 1.82) is 0 Å². The van der Waals surface area contributed by atoms with Crippen LogP contribution in [0.4, 0.5) is 32.2 Å². The third kappa shape index (κ3) is 7.36. The zero-order valence-electron chi connectivity index (χ0n) is 29.1. The molecule has 7 nitrogen and oxygen atoms in total. The summed E-state index contributed by atoms with van der Waals surface area (Å²) in [6, 6.07) is 27.6. The molecule has 5 aromatic rings. The summed E-state index contributed by atoms with van der Waals surface area (Å²) in [5.74, 6) is -5.38. The standard InChI is InChI=1S/C41H36F6N4O3/c1-25-33(52)22-32-35(36(25)41(45,46)47)37(49-51(32)38(28-13-7-3-8-14-28)29-15-9-4-10-16-29)27-17-19-50(20-18-27)34-21-30(31(23-48-34)40(42,43)44)39(53)54-24-26-11-5-2-6-12-26/h2-16,21,23,25,27,36,38H,17-20,22,24H2,1H3/t25-,36-/m1/s1. The van der Waals surface area contributed by atoms with Crippen molar-refractivity contribution >= 4 is 17.6 Å². The van der Waals surface area contributed by atoms with Crippen molar-refractivity contribution in [3.05, 3.63) is 148 Å². The number of ketones is 1. The fraction of sp³-hybridized carbons (Fsp3) is 0.317. The van der Waals surface area contributed by atoms with E-state index in [1.165, 1.54) is 6.92 Å². The van der Waals surface area contributed by atoms with Crippen molar-refractivity contribution in [2.75, 3.05) is 18.0 Å². The van der Waals surface area contributed by atoms with Gasteiger partial charge in [-0.2, -0.15) is 31.4 Å². The molecule has 0 spiro atoms. The number of Topliss-reactive ketones (excluding diaryl/α,β-unsaturated/α-hetero) is 1. The Hall–Kier alpha value is -5.46. The summed E-state index contributed by atoms with van der Waals surface area (Å²) in [5.41, 5.74) is 0.801. The first-order valence-electron chi connectivity index (χ1n) is 17.6. The van der Waals surface area contributed by atoms with Gasteiger partial charge in [0.05, 0.1) is 28.4 Å². The SMILES string of the molecule is C[C@@H]1C(=O)Cc2c(c(C3CCN(c4cc(C(=O)OCc5ccccc5)c(C(F)(F)F)cn4)CC3)nn2C(c2ccccc2)c2ccccc2)[C@@H]1C(F)(F)F. The zero-order valence-corrected chi connectivity index (χ0v) is 29.1. The third-order valence-corrected chi connectivity index (χ3v) is 10.4. The summed E-state index contributed by atoms with van der Waals surface area (Å²) < 4.78 is 93.8. The van der Waals surface area contributed by atoms with Crippen LogP contribution in [-0.2, 0) is 28.7 Å². The fourth-order valence-corrected chi connectivity index (χ4v) is 7.68. The molecule has 1 aliphatic heterocycles. The molecule has 2 aromatic heterocycles. The van der Waals surface area contributed by atoms with Gasteiger partial charge in [-0.15, -0.1) is 0 Å². The molecule has 0 N–H and O–H groups in total. The van der Waals surface area contributed by atoms with E-state index in [1.807, 2.05) is 60.7 Å². The topological polar surface area (TPSA) is 77.3 Å². The Morgan fingerprint density at radius 3 is 2.00 bits per heavy atom. The molecule has 1 fully saturated rings. The van der Waals surface area contributed by atoms with Crippen molar-refractivity contribution in [3.63, 3.8) is 0 Å². The number of benzene rings is 3. The van der Waals surface area contributed by atoms with Crippen molar-refractivity contribution in [2.45, 2.75) is 63.0 Å². The molecule has 0 saturated carbocycles. The zero-order chi connectivity index (χ0) is 38.2. The molecule has 54 heavy (non-hydrogen) atoms. The van der Waals surface area contributed by atoms with Gasteiger partial charge in [-0.3, -0.25) is 9.48 Å². The number of rotatable bonds is 8. The highest BCUT2D eigenvalue weighted by atomic mass is 19.4. The number of halogens is 6. The monoisotopic (exact) mass is 746 g/mol. The lowest BCUT2D eigenvalue weighted by Crippen LogP contribution is -2.38. The lowest BCUT2D eigenvalue weighted by Gasteiger charge is -2.35. The molecule has 2 aliphatic rings.